The molecule has 0 aromatic carbocycles. The van der Waals surface area contributed by atoms with Crippen molar-refractivity contribution in [2.75, 3.05) is 13.2 Å². The van der Waals surface area contributed by atoms with Gasteiger partial charge in [0.1, 0.15) is 5.76 Å². The van der Waals surface area contributed by atoms with Crippen molar-refractivity contribution < 1.29 is 9.15 Å². The number of hydrogen-bond donors (Lipinski definition) is 1. The van der Waals surface area contributed by atoms with Crippen LogP contribution in [0, 0.1) is 0 Å². The van der Waals surface area contributed by atoms with Gasteiger partial charge in [0, 0.05) is 19.1 Å². The number of nitrogens with zero attached hydrogens (tertiary/aromatic N) is 1. The van der Waals surface area contributed by atoms with E-state index in [1.54, 1.807) is 6.20 Å². The zero-order chi connectivity index (χ0) is 9.97. The van der Waals surface area contributed by atoms with Gasteiger partial charge in [-0.1, -0.05) is 0 Å². The molecule has 4 nitrogen and oxygen atoms in total. The molecule has 1 unspecified atom stereocenters. The molecule has 1 atom stereocenters. The Balaban J connectivity index is 2.07. The van der Waals surface area contributed by atoms with Crippen molar-refractivity contribution in [3.63, 3.8) is 0 Å². The van der Waals surface area contributed by atoms with Crippen LogP contribution in [0.15, 0.2) is 10.6 Å². The van der Waals surface area contributed by atoms with E-state index in [0.29, 0.717) is 11.8 Å². The fourth-order valence-electron chi connectivity index (χ4n) is 1.68. The fourth-order valence-corrected chi connectivity index (χ4v) is 1.68. The molecule has 1 aliphatic heterocycles. The molecule has 1 aromatic heterocycles. The quantitative estimate of drug-likeness (QED) is 0.780. The van der Waals surface area contributed by atoms with Crippen molar-refractivity contribution >= 4 is 0 Å². The van der Waals surface area contributed by atoms with E-state index in [9.17, 15) is 0 Å². The Labute approximate surface area is 83.4 Å². The van der Waals surface area contributed by atoms with Gasteiger partial charge in [-0.05, 0) is 19.8 Å². The molecule has 1 aliphatic rings. The Morgan fingerprint density at radius 1 is 1.50 bits per heavy atom. The van der Waals surface area contributed by atoms with Crippen LogP contribution in [0.3, 0.4) is 0 Å². The molecule has 0 saturated carbocycles. The van der Waals surface area contributed by atoms with E-state index in [2.05, 4.69) is 4.98 Å². The second kappa shape index (κ2) is 4.11. The molecular formula is C10H16N2O2. The van der Waals surface area contributed by atoms with Gasteiger partial charge in [-0.25, -0.2) is 4.98 Å². The summed E-state index contributed by atoms with van der Waals surface area (Å²) in [5.41, 5.74) is 5.68. The van der Waals surface area contributed by atoms with E-state index in [-0.39, 0.29) is 6.04 Å². The second-order valence-corrected chi connectivity index (χ2v) is 3.78. The highest BCUT2D eigenvalue weighted by atomic mass is 16.5. The summed E-state index contributed by atoms with van der Waals surface area (Å²) in [4.78, 5) is 4.16. The SMILES string of the molecule is CC(N)c1ncc(C2CCOCC2)o1. The molecule has 0 bridgehead atoms. The maximum absolute atomic E-state index is 5.68. The maximum Gasteiger partial charge on any atom is 0.211 e. The predicted molar refractivity (Wildman–Crippen MR) is 51.9 cm³/mol. The van der Waals surface area contributed by atoms with Crippen LogP contribution in [-0.2, 0) is 4.74 Å². The van der Waals surface area contributed by atoms with Crippen LogP contribution in [0.1, 0.15) is 43.4 Å². The molecular weight excluding hydrogens is 180 g/mol. The molecule has 2 N–H and O–H groups in total. The third-order valence-electron chi connectivity index (χ3n) is 2.55. The summed E-state index contributed by atoms with van der Waals surface area (Å²) < 4.78 is 10.9. The van der Waals surface area contributed by atoms with E-state index in [1.165, 1.54) is 0 Å². The van der Waals surface area contributed by atoms with Crippen molar-refractivity contribution in [3.05, 3.63) is 17.8 Å². The topological polar surface area (TPSA) is 61.3 Å². The first-order valence-corrected chi connectivity index (χ1v) is 5.06. The van der Waals surface area contributed by atoms with Gasteiger partial charge in [-0.3, -0.25) is 0 Å². The van der Waals surface area contributed by atoms with Crippen molar-refractivity contribution in [1.82, 2.24) is 4.98 Å². The van der Waals surface area contributed by atoms with E-state index >= 15 is 0 Å². The van der Waals surface area contributed by atoms with E-state index < -0.39 is 0 Å². The summed E-state index contributed by atoms with van der Waals surface area (Å²) >= 11 is 0. The number of nitrogens with two attached hydrogens (primary N) is 1. The Hall–Kier alpha value is -0.870. The number of aromatic nitrogens is 1. The Morgan fingerprint density at radius 2 is 2.21 bits per heavy atom. The molecule has 78 valence electrons. The summed E-state index contributed by atoms with van der Waals surface area (Å²) in [6.45, 7) is 3.51. The number of rotatable bonds is 2. The highest BCUT2D eigenvalue weighted by molar-refractivity contribution is 5.04. The van der Waals surface area contributed by atoms with Gasteiger partial charge in [-0.2, -0.15) is 0 Å². The summed E-state index contributed by atoms with van der Waals surface area (Å²) in [5, 5.41) is 0. The summed E-state index contributed by atoms with van der Waals surface area (Å²) in [7, 11) is 0. The fraction of sp³-hybridized carbons (Fsp3) is 0.700. The number of ether oxygens (including phenoxy) is 1. The van der Waals surface area contributed by atoms with Crippen molar-refractivity contribution in [2.24, 2.45) is 5.73 Å². The van der Waals surface area contributed by atoms with E-state index in [1.807, 2.05) is 6.92 Å². The Kier molecular flexibility index (Phi) is 2.84. The van der Waals surface area contributed by atoms with Crippen molar-refractivity contribution in [1.29, 1.82) is 0 Å². The monoisotopic (exact) mass is 196 g/mol. The van der Waals surface area contributed by atoms with Gasteiger partial charge >= 0.3 is 0 Å². The minimum absolute atomic E-state index is 0.122. The molecule has 2 rings (SSSR count). The van der Waals surface area contributed by atoms with Gasteiger partial charge in [0.15, 0.2) is 0 Å². The number of hydrogen-bond acceptors (Lipinski definition) is 4. The normalized spacial score (nSPS) is 21.0. The molecule has 0 spiro atoms. The molecule has 0 amide bonds. The van der Waals surface area contributed by atoms with Crippen LogP contribution >= 0.6 is 0 Å². The number of oxazole rings is 1. The highest BCUT2D eigenvalue weighted by Crippen LogP contribution is 2.27. The van der Waals surface area contributed by atoms with Crippen molar-refractivity contribution in [3.8, 4) is 0 Å². The minimum atomic E-state index is -0.122. The molecule has 0 aliphatic carbocycles. The Bertz CT molecular complexity index is 290. The average Bonchev–Trinajstić information content (AvgIpc) is 2.68. The third-order valence-corrected chi connectivity index (χ3v) is 2.55. The smallest absolute Gasteiger partial charge is 0.211 e. The first-order valence-electron chi connectivity index (χ1n) is 5.06. The molecule has 4 heteroatoms. The molecule has 1 saturated heterocycles. The van der Waals surface area contributed by atoms with Gasteiger partial charge in [0.05, 0.1) is 12.2 Å². The summed E-state index contributed by atoms with van der Waals surface area (Å²) in [6.07, 6.45) is 3.84. The predicted octanol–water partition coefficient (Wildman–Crippen LogP) is 1.59. The van der Waals surface area contributed by atoms with Crippen LogP contribution in [0.5, 0.6) is 0 Å². The Morgan fingerprint density at radius 3 is 2.79 bits per heavy atom. The first-order chi connectivity index (χ1) is 6.77. The van der Waals surface area contributed by atoms with Gasteiger partial charge in [0.25, 0.3) is 0 Å². The van der Waals surface area contributed by atoms with Gasteiger partial charge in [0.2, 0.25) is 5.89 Å². The highest BCUT2D eigenvalue weighted by Gasteiger charge is 2.20. The van der Waals surface area contributed by atoms with Crippen molar-refractivity contribution in [2.45, 2.75) is 31.7 Å². The summed E-state index contributed by atoms with van der Waals surface area (Å²) in [5.74, 6) is 2.05. The third kappa shape index (κ3) is 1.96. The molecule has 14 heavy (non-hydrogen) atoms. The molecule has 0 radical (unpaired) electrons. The van der Waals surface area contributed by atoms with E-state index in [4.69, 9.17) is 14.9 Å². The zero-order valence-corrected chi connectivity index (χ0v) is 8.40. The van der Waals surface area contributed by atoms with Crippen LogP contribution in [-0.4, -0.2) is 18.2 Å². The lowest BCUT2D eigenvalue weighted by Crippen LogP contribution is -2.13. The lowest BCUT2D eigenvalue weighted by atomic mass is 9.98. The van der Waals surface area contributed by atoms with Gasteiger partial charge < -0.3 is 14.9 Å². The maximum atomic E-state index is 5.68. The standard InChI is InChI=1S/C10H16N2O2/c1-7(11)10-12-6-9(14-10)8-2-4-13-5-3-8/h6-8H,2-5,11H2,1H3. The van der Waals surface area contributed by atoms with Crippen LogP contribution in [0.2, 0.25) is 0 Å². The molecule has 2 heterocycles. The van der Waals surface area contributed by atoms with E-state index in [0.717, 1.165) is 31.8 Å². The zero-order valence-electron chi connectivity index (χ0n) is 8.40. The largest absolute Gasteiger partial charge is 0.444 e. The average molecular weight is 196 g/mol. The van der Waals surface area contributed by atoms with Gasteiger partial charge in [-0.15, -0.1) is 0 Å². The molecule has 1 aromatic rings. The summed E-state index contributed by atoms with van der Waals surface area (Å²) in [6, 6.07) is -0.122. The van der Waals surface area contributed by atoms with Crippen LogP contribution in [0.4, 0.5) is 0 Å². The lowest BCUT2D eigenvalue weighted by molar-refractivity contribution is 0.0803. The second-order valence-electron chi connectivity index (χ2n) is 3.78. The lowest BCUT2D eigenvalue weighted by Gasteiger charge is -2.19. The van der Waals surface area contributed by atoms with Crippen LogP contribution in [0.25, 0.3) is 0 Å². The molecule has 1 fully saturated rings. The first kappa shape index (κ1) is 9.68. The van der Waals surface area contributed by atoms with Crippen LogP contribution < -0.4 is 5.73 Å². The minimum Gasteiger partial charge on any atom is -0.444 e.